The number of aromatic nitrogens is 1. The maximum Gasteiger partial charge on any atom is 0.272 e. The van der Waals surface area contributed by atoms with Crippen molar-refractivity contribution < 1.29 is 9.21 Å². The quantitative estimate of drug-likeness (QED) is 0.290. The topological polar surface area (TPSA) is 67.5 Å². The predicted molar refractivity (Wildman–Crippen MR) is 130 cm³/mol. The first-order valence-corrected chi connectivity index (χ1v) is 10.6. The van der Waals surface area contributed by atoms with Crippen LogP contribution in [-0.4, -0.2) is 17.1 Å². The maximum atomic E-state index is 13.0. The van der Waals surface area contributed by atoms with Crippen LogP contribution in [0.25, 0.3) is 28.2 Å². The molecule has 1 amide bonds. The number of carbonyl (C=O) groups excluding carboxylic acids is 1. The van der Waals surface area contributed by atoms with Gasteiger partial charge in [-0.1, -0.05) is 49.7 Å². The molecule has 4 rings (SSSR count). The number of hydrogen-bond acceptors (Lipinski definition) is 4. The number of carbonyl (C=O) groups is 1. The summed E-state index contributed by atoms with van der Waals surface area (Å²) in [6, 6.07) is 19.7. The first-order chi connectivity index (χ1) is 15.5. The van der Waals surface area contributed by atoms with Crippen LogP contribution in [0.3, 0.4) is 0 Å². The zero-order valence-corrected chi connectivity index (χ0v) is 18.4. The van der Waals surface area contributed by atoms with Crippen LogP contribution in [0.15, 0.2) is 82.5 Å². The number of nitrogens with one attached hydrogen (secondary N) is 1. The molecule has 5 nitrogen and oxygen atoms in total. The smallest absolute Gasteiger partial charge is 0.272 e. The first kappa shape index (κ1) is 21.2. The Balaban J connectivity index is 1.64. The maximum absolute atomic E-state index is 13.0. The minimum atomic E-state index is -0.286. The lowest BCUT2D eigenvalue weighted by atomic mass is 9.99. The summed E-state index contributed by atoms with van der Waals surface area (Å²) in [7, 11) is 0. The average Bonchev–Trinajstić information content (AvgIpc) is 3.31. The molecule has 0 aliphatic heterocycles. The molecule has 2 aromatic carbocycles. The molecule has 32 heavy (non-hydrogen) atoms. The molecule has 0 bridgehead atoms. The lowest BCUT2D eigenvalue weighted by Crippen LogP contribution is -2.18. The Labute approximate surface area is 187 Å². The van der Waals surface area contributed by atoms with E-state index in [1.807, 2.05) is 43.3 Å². The molecular weight excluding hydrogens is 398 g/mol. The van der Waals surface area contributed by atoms with Crippen LogP contribution in [0.5, 0.6) is 0 Å². The van der Waals surface area contributed by atoms with Gasteiger partial charge in [-0.3, -0.25) is 4.79 Å². The Hall–Kier alpha value is -3.99. The van der Waals surface area contributed by atoms with Gasteiger partial charge >= 0.3 is 0 Å². The van der Waals surface area contributed by atoms with Crippen LogP contribution < -0.4 is 5.43 Å². The van der Waals surface area contributed by atoms with Gasteiger partial charge in [-0.15, -0.1) is 0 Å². The van der Waals surface area contributed by atoms with E-state index in [9.17, 15) is 4.79 Å². The highest BCUT2D eigenvalue weighted by atomic mass is 16.3. The average molecular weight is 424 g/mol. The number of amides is 1. The molecule has 4 aromatic rings. The minimum absolute atomic E-state index is 0.286. The van der Waals surface area contributed by atoms with Gasteiger partial charge in [-0.05, 0) is 60.9 Å². The molecular formula is C27H25N3O2. The van der Waals surface area contributed by atoms with Crippen molar-refractivity contribution in [3.8, 4) is 11.3 Å². The number of nitrogens with zero attached hydrogens (tertiary/aromatic N) is 2. The number of benzene rings is 2. The number of hydrazone groups is 1. The third kappa shape index (κ3) is 4.83. The lowest BCUT2D eigenvalue weighted by Gasteiger charge is -2.11. The van der Waals surface area contributed by atoms with Crippen LogP contribution in [0.4, 0.5) is 0 Å². The highest BCUT2D eigenvalue weighted by Crippen LogP contribution is 2.27. The molecule has 2 aromatic heterocycles. The monoisotopic (exact) mass is 423 g/mol. The van der Waals surface area contributed by atoms with E-state index in [0.717, 1.165) is 27.7 Å². The second-order valence-electron chi connectivity index (χ2n) is 7.95. The van der Waals surface area contributed by atoms with Crippen LogP contribution in [0, 0.1) is 6.92 Å². The van der Waals surface area contributed by atoms with Crippen molar-refractivity contribution in [1.82, 2.24) is 10.4 Å². The van der Waals surface area contributed by atoms with Crippen molar-refractivity contribution in [3.05, 3.63) is 95.5 Å². The van der Waals surface area contributed by atoms with Gasteiger partial charge in [0.15, 0.2) is 0 Å². The fraction of sp³-hybridized carbons (Fsp3) is 0.148. The third-order valence-electron chi connectivity index (χ3n) is 5.21. The van der Waals surface area contributed by atoms with Gasteiger partial charge in [-0.25, -0.2) is 10.4 Å². The number of hydrogen-bond donors (Lipinski definition) is 1. The molecule has 160 valence electrons. The van der Waals surface area contributed by atoms with Gasteiger partial charge in [0.1, 0.15) is 5.76 Å². The zero-order valence-electron chi connectivity index (χ0n) is 18.4. The number of allylic oxidation sites excluding steroid dienone is 1. The molecule has 0 aliphatic carbocycles. The Kier molecular flexibility index (Phi) is 6.26. The van der Waals surface area contributed by atoms with Crippen LogP contribution in [-0.2, 0) is 0 Å². The number of pyridine rings is 1. The highest BCUT2D eigenvalue weighted by Gasteiger charge is 2.14. The van der Waals surface area contributed by atoms with E-state index in [4.69, 9.17) is 9.40 Å². The second-order valence-corrected chi connectivity index (χ2v) is 7.95. The largest absolute Gasteiger partial charge is 0.465 e. The Morgan fingerprint density at radius 1 is 1.09 bits per heavy atom. The summed E-state index contributed by atoms with van der Waals surface area (Å²) in [5.74, 6) is 0.884. The molecule has 0 aliphatic rings. The molecule has 0 saturated heterocycles. The van der Waals surface area contributed by atoms with E-state index >= 15 is 0 Å². The summed E-state index contributed by atoms with van der Waals surface area (Å²) in [5.41, 5.74) is 7.97. The summed E-state index contributed by atoms with van der Waals surface area (Å²) < 4.78 is 5.22. The summed E-state index contributed by atoms with van der Waals surface area (Å²) >= 11 is 0. The van der Waals surface area contributed by atoms with Gasteiger partial charge in [-0.2, -0.15) is 5.10 Å². The Morgan fingerprint density at radius 3 is 2.62 bits per heavy atom. The fourth-order valence-corrected chi connectivity index (χ4v) is 3.44. The third-order valence-corrected chi connectivity index (χ3v) is 5.21. The molecule has 5 heteroatoms. The minimum Gasteiger partial charge on any atom is -0.465 e. The normalized spacial score (nSPS) is 11.8. The van der Waals surface area contributed by atoms with Crippen molar-refractivity contribution in [2.75, 3.05) is 0 Å². The van der Waals surface area contributed by atoms with Crippen molar-refractivity contribution in [2.45, 2.75) is 26.7 Å². The van der Waals surface area contributed by atoms with Crippen LogP contribution in [0.2, 0.25) is 0 Å². The number of aryl methyl sites for hydroxylation is 1. The van der Waals surface area contributed by atoms with Gasteiger partial charge in [0.25, 0.3) is 5.91 Å². The molecule has 2 heterocycles. The Morgan fingerprint density at radius 2 is 1.91 bits per heavy atom. The second kappa shape index (κ2) is 9.43. The molecule has 0 saturated carbocycles. The van der Waals surface area contributed by atoms with Crippen molar-refractivity contribution in [2.24, 2.45) is 5.10 Å². The number of furan rings is 1. The van der Waals surface area contributed by atoms with E-state index in [0.29, 0.717) is 17.2 Å². The van der Waals surface area contributed by atoms with E-state index in [1.165, 1.54) is 11.8 Å². The highest BCUT2D eigenvalue weighted by molar-refractivity contribution is 6.07. The van der Waals surface area contributed by atoms with Crippen molar-refractivity contribution >= 4 is 29.1 Å². The van der Waals surface area contributed by atoms with Gasteiger partial charge in [0.05, 0.1) is 23.0 Å². The number of rotatable bonds is 6. The molecule has 1 N–H and O–H groups in total. The van der Waals surface area contributed by atoms with Gasteiger partial charge < -0.3 is 4.42 Å². The summed E-state index contributed by atoms with van der Waals surface area (Å²) in [5, 5.41) is 4.83. The standard InChI is InChI=1S/C27H25N3O2/c1-18(2)20-9-11-21(12-10-20)26-17-24(23-16-19(3)8-13-25(23)29-26)27(31)30-28-14-4-6-22-7-5-15-32-22/h4-18H,1-3H3,(H,30,31)/b6-4+,28-14+. The number of fused-ring (bicyclic) bond motifs is 1. The van der Waals surface area contributed by atoms with Crippen molar-refractivity contribution in [3.63, 3.8) is 0 Å². The van der Waals surface area contributed by atoms with Crippen LogP contribution in [0.1, 0.15) is 47.0 Å². The van der Waals surface area contributed by atoms with E-state index < -0.39 is 0 Å². The van der Waals surface area contributed by atoms with E-state index in [1.54, 1.807) is 18.4 Å². The van der Waals surface area contributed by atoms with Gasteiger partial charge in [0.2, 0.25) is 0 Å². The SMILES string of the molecule is Cc1ccc2nc(-c3ccc(C(C)C)cc3)cc(C(=O)N/N=C/C=C/c3ccco3)c2c1. The summed E-state index contributed by atoms with van der Waals surface area (Å²) in [4.78, 5) is 17.8. The molecule has 0 atom stereocenters. The van der Waals surface area contributed by atoms with Crippen molar-refractivity contribution in [1.29, 1.82) is 0 Å². The van der Waals surface area contributed by atoms with Gasteiger partial charge in [0, 0.05) is 17.2 Å². The predicted octanol–water partition coefficient (Wildman–Crippen LogP) is 6.36. The first-order valence-electron chi connectivity index (χ1n) is 10.6. The zero-order chi connectivity index (χ0) is 22.5. The van der Waals surface area contributed by atoms with E-state index in [2.05, 4.69) is 48.6 Å². The molecule has 0 fully saturated rings. The Bertz CT molecular complexity index is 1280. The fourth-order valence-electron chi connectivity index (χ4n) is 3.44. The lowest BCUT2D eigenvalue weighted by molar-refractivity contribution is 0.0957. The van der Waals surface area contributed by atoms with Crippen LogP contribution >= 0.6 is 0 Å². The molecule has 0 radical (unpaired) electrons. The summed E-state index contributed by atoms with van der Waals surface area (Å²) in [6.07, 6.45) is 6.58. The molecule has 0 unspecified atom stereocenters. The van der Waals surface area contributed by atoms with E-state index in [-0.39, 0.29) is 5.91 Å². The molecule has 0 spiro atoms. The summed E-state index contributed by atoms with van der Waals surface area (Å²) in [6.45, 7) is 6.33.